The molecule has 2 atom stereocenters. The van der Waals surface area contributed by atoms with Crippen LogP contribution in [-0.2, 0) is 28.3 Å². The van der Waals surface area contributed by atoms with Crippen molar-refractivity contribution in [3.05, 3.63) is 67.0 Å². The predicted octanol–water partition coefficient (Wildman–Crippen LogP) is 1.83. The smallest absolute Gasteiger partial charge is 0.343 e. The molecule has 1 aromatic carbocycles. The lowest BCUT2D eigenvalue weighted by Crippen LogP contribution is -2.44. The fourth-order valence-corrected chi connectivity index (χ4v) is 5.69. The molecule has 6 rings (SSSR count). The molecule has 1 saturated heterocycles. The van der Waals surface area contributed by atoms with Gasteiger partial charge in [-0.25, -0.2) is 9.18 Å². The van der Waals surface area contributed by atoms with Crippen LogP contribution in [0.3, 0.4) is 0 Å². The van der Waals surface area contributed by atoms with Crippen molar-refractivity contribution in [2.45, 2.75) is 51.5 Å². The standard InChI is InChI=1S/C25H24FN3O5/c1-3-25(33)16-8-19-21-20(10-28(19)23(31)15(16)11-34-24(25)32)29(13-4-5-27-9-13)18-6-12(2)17(26)7-14(18)22(21)30/h6-8,13,27,33H,3-5,9-11H2,1-2H3/t13-,25+/m1/s1. The van der Waals surface area contributed by atoms with Crippen molar-refractivity contribution >= 4 is 16.9 Å². The molecule has 0 spiro atoms. The van der Waals surface area contributed by atoms with Crippen molar-refractivity contribution in [2.75, 3.05) is 13.1 Å². The Morgan fingerprint density at radius 1 is 1.26 bits per heavy atom. The first kappa shape index (κ1) is 21.2. The van der Waals surface area contributed by atoms with Crippen LogP contribution < -0.4 is 16.3 Å². The molecule has 3 aromatic rings. The van der Waals surface area contributed by atoms with Gasteiger partial charge >= 0.3 is 5.97 Å². The topological polar surface area (TPSA) is 103 Å². The summed E-state index contributed by atoms with van der Waals surface area (Å²) in [5.41, 5.74) is 0.104. The highest BCUT2D eigenvalue weighted by Crippen LogP contribution is 2.39. The number of halogens is 1. The maximum absolute atomic E-state index is 14.6. The minimum absolute atomic E-state index is 0.0226. The third-order valence-corrected chi connectivity index (χ3v) is 7.59. The number of hydrogen-bond donors (Lipinski definition) is 2. The number of aliphatic hydroxyl groups is 1. The molecule has 1 fully saturated rings. The second kappa shape index (κ2) is 7.10. The zero-order valence-electron chi connectivity index (χ0n) is 18.9. The zero-order valence-corrected chi connectivity index (χ0v) is 18.9. The van der Waals surface area contributed by atoms with Crippen LogP contribution in [0.5, 0.6) is 0 Å². The van der Waals surface area contributed by atoms with Gasteiger partial charge < -0.3 is 24.3 Å². The van der Waals surface area contributed by atoms with Gasteiger partial charge in [0.15, 0.2) is 11.0 Å². The number of esters is 1. The predicted molar refractivity (Wildman–Crippen MR) is 122 cm³/mol. The number of fused-ring (bicyclic) bond motifs is 5. The third kappa shape index (κ3) is 2.62. The Morgan fingerprint density at radius 3 is 2.76 bits per heavy atom. The molecule has 0 radical (unpaired) electrons. The molecule has 5 heterocycles. The van der Waals surface area contributed by atoms with Gasteiger partial charge in [-0.15, -0.1) is 0 Å². The van der Waals surface area contributed by atoms with E-state index in [4.69, 9.17) is 4.74 Å². The average molecular weight is 465 g/mol. The highest BCUT2D eigenvalue weighted by atomic mass is 19.1. The van der Waals surface area contributed by atoms with Crippen LogP contribution in [0.25, 0.3) is 22.2 Å². The van der Waals surface area contributed by atoms with Gasteiger partial charge in [0.2, 0.25) is 0 Å². The second-order valence-corrected chi connectivity index (χ2v) is 9.39. The van der Waals surface area contributed by atoms with Crippen LogP contribution >= 0.6 is 0 Å². The van der Waals surface area contributed by atoms with Gasteiger partial charge in [0, 0.05) is 23.5 Å². The lowest BCUT2D eigenvalue weighted by Gasteiger charge is -2.31. The molecule has 3 aliphatic heterocycles. The molecule has 3 aliphatic rings. The maximum Gasteiger partial charge on any atom is 0.343 e. The van der Waals surface area contributed by atoms with E-state index >= 15 is 0 Å². The van der Waals surface area contributed by atoms with E-state index in [-0.39, 0.29) is 47.6 Å². The normalized spacial score (nSPS) is 23.1. The highest BCUT2D eigenvalue weighted by Gasteiger charge is 2.45. The van der Waals surface area contributed by atoms with E-state index in [0.717, 1.165) is 13.0 Å². The number of benzene rings is 1. The number of carbonyl (C=O) groups excluding carboxylic acids is 1. The number of hydrogen-bond acceptors (Lipinski definition) is 6. The van der Waals surface area contributed by atoms with E-state index < -0.39 is 22.9 Å². The largest absolute Gasteiger partial charge is 0.458 e. The summed E-state index contributed by atoms with van der Waals surface area (Å²) in [5.74, 6) is -1.28. The first-order chi connectivity index (χ1) is 16.3. The number of carbonyl (C=O) groups is 1. The minimum atomic E-state index is -1.96. The molecule has 0 bridgehead atoms. The Balaban J connectivity index is 1.72. The average Bonchev–Trinajstić information content (AvgIpc) is 3.47. The first-order valence-electron chi connectivity index (χ1n) is 11.5. The maximum atomic E-state index is 14.6. The van der Waals surface area contributed by atoms with Crippen molar-refractivity contribution in [1.82, 2.24) is 14.5 Å². The van der Waals surface area contributed by atoms with Crippen molar-refractivity contribution in [1.29, 1.82) is 0 Å². The summed E-state index contributed by atoms with van der Waals surface area (Å²) in [5, 5.41) is 14.7. The van der Waals surface area contributed by atoms with Crippen molar-refractivity contribution < 1.29 is 19.0 Å². The van der Waals surface area contributed by atoms with Crippen molar-refractivity contribution in [3.8, 4) is 11.3 Å². The number of cyclic esters (lactones) is 1. The number of aryl methyl sites for hydroxylation is 1. The van der Waals surface area contributed by atoms with Gasteiger partial charge in [-0.2, -0.15) is 0 Å². The first-order valence-corrected chi connectivity index (χ1v) is 11.5. The fraction of sp³-hybridized carbons (Fsp3) is 0.400. The number of pyridine rings is 2. The van der Waals surface area contributed by atoms with E-state index in [2.05, 4.69) is 9.88 Å². The summed E-state index contributed by atoms with van der Waals surface area (Å²) in [6, 6.07) is 4.58. The molecule has 2 aromatic heterocycles. The van der Waals surface area contributed by atoms with E-state index in [1.807, 2.05) is 0 Å². The van der Waals surface area contributed by atoms with Crippen LogP contribution in [0.15, 0.2) is 27.8 Å². The molecule has 0 unspecified atom stereocenters. The van der Waals surface area contributed by atoms with Crippen LogP contribution in [0.4, 0.5) is 4.39 Å². The van der Waals surface area contributed by atoms with Gasteiger partial charge in [-0.05, 0) is 50.1 Å². The molecule has 0 aliphatic carbocycles. The Bertz CT molecular complexity index is 1530. The number of aromatic nitrogens is 2. The number of rotatable bonds is 2. The van der Waals surface area contributed by atoms with Gasteiger partial charge in [0.05, 0.1) is 34.6 Å². The monoisotopic (exact) mass is 465 g/mol. The van der Waals surface area contributed by atoms with E-state index in [1.165, 1.54) is 10.6 Å². The Labute approximate surface area is 193 Å². The summed E-state index contributed by atoms with van der Waals surface area (Å²) in [4.78, 5) is 39.6. The number of nitrogens with one attached hydrogen (secondary N) is 1. The van der Waals surface area contributed by atoms with Gasteiger partial charge in [0.25, 0.3) is 5.56 Å². The van der Waals surface area contributed by atoms with Gasteiger partial charge in [0.1, 0.15) is 12.4 Å². The van der Waals surface area contributed by atoms with E-state index in [9.17, 15) is 23.9 Å². The molecule has 8 nitrogen and oxygen atoms in total. The molecule has 9 heteroatoms. The molecule has 0 amide bonds. The summed E-state index contributed by atoms with van der Waals surface area (Å²) in [6.45, 7) is 4.76. The highest BCUT2D eigenvalue weighted by molar-refractivity contribution is 5.88. The molecule has 34 heavy (non-hydrogen) atoms. The minimum Gasteiger partial charge on any atom is -0.458 e. The summed E-state index contributed by atoms with van der Waals surface area (Å²) in [7, 11) is 0. The SMILES string of the molecule is CC[C@@]1(O)C(=O)OCc2c1cc1n(c2=O)Cc2c-1c(=O)c1cc(F)c(C)cc1n2[C@@H]1CCNC1. The Kier molecular flexibility index (Phi) is 4.44. The third-order valence-electron chi connectivity index (χ3n) is 7.59. The molecular formula is C25H24FN3O5. The number of ether oxygens (including phenoxy) is 1. The summed E-state index contributed by atoms with van der Waals surface area (Å²) < 4.78 is 23.3. The molecule has 176 valence electrons. The lowest BCUT2D eigenvalue weighted by atomic mass is 9.85. The molecule has 2 N–H and O–H groups in total. The van der Waals surface area contributed by atoms with Gasteiger partial charge in [-0.1, -0.05) is 6.92 Å². The van der Waals surface area contributed by atoms with Crippen LogP contribution in [0.2, 0.25) is 0 Å². The second-order valence-electron chi connectivity index (χ2n) is 9.39. The van der Waals surface area contributed by atoms with E-state index in [1.54, 1.807) is 26.0 Å². The fourth-order valence-electron chi connectivity index (χ4n) is 5.69. The molecular weight excluding hydrogens is 441 g/mol. The Morgan fingerprint density at radius 2 is 2.06 bits per heavy atom. The van der Waals surface area contributed by atoms with Crippen LogP contribution in [-0.4, -0.2) is 33.3 Å². The van der Waals surface area contributed by atoms with Gasteiger partial charge in [-0.3, -0.25) is 9.59 Å². The van der Waals surface area contributed by atoms with Crippen LogP contribution in [0.1, 0.15) is 48.2 Å². The summed E-state index contributed by atoms with van der Waals surface area (Å²) >= 11 is 0. The van der Waals surface area contributed by atoms with Crippen molar-refractivity contribution in [3.63, 3.8) is 0 Å². The lowest BCUT2D eigenvalue weighted by molar-refractivity contribution is -0.172. The molecule has 0 saturated carbocycles. The quantitative estimate of drug-likeness (QED) is 0.438. The van der Waals surface area contributed by atoms with Crippen LogP contribution in [0, 0.1) is 12.7 Å². The zero-order chi connectivity index (χ0) is 23.9. The van der Waals surface area contributed by atoms with E-state index in [0.29, 0.717) is 34.6 Å². The Hall–Kier alpha value is -3.30. The summed E-state index contributed by atoms with van der Waals surface area (Å²) in [6.07, 6.45) is 0.856. The number of nitrogens with zero attached hydrogens (tertiary/aromatic N) is 2. The van der Waals surface area contributed by atoms with Crippen molar-refractivity contribution in [2.24, 2.45) is 0 Å².